The smallest absolute Gasteiger partial charge is 0.224 e. The summed E-state index contributed by atoms with van der Waals surface area (Å²) in [6.45, 7) is 0. The molecule has 0 aliphatic rings. The summed E-state index contributed by atoms with van der Waals surface area (Å²) in [4.78, 5) is 22.7. The van der Waals surface area contributed by atoms with E-state index in [1.807, 2.05) is 0 Å². The number of nitrogens with one attached hydrogen (secondary N) is 1. The van der Waals surface area contributed by atoms with Crippen LogP contribution >= 0.6 is 0 Å². The molecule has 5 nitrogen and oxygen atoms in total. The first-order valence-electron chi connectivity index (χ1n) is 6.45. The molecule has 5 heteroatoms. The van der Waals surface area contributed by atoms with Crippen LogP contribution in [-0.4, -0.2) is 22.4 Å². The molecule has 108 valence electrons. The Morgan fingerprint density at radius 3 is 2.62 bits per heavy atom. The zero-order chi connectivity index (χ0) is 15.2. The lowest BCUT2D eigenvalue weighted by molar-refractivity contribution is -0.116. The summed E-state index contributed by atoms with van der Waals surface area (Å²) in [6, 6.07) is 11.0. The second-order valence-electron chi connectivity index (χ2n) is 4.57. The highest BCUT2D eigenvalue weighted by molar-refractivity contribution is 5.96. The number of amides is 1. The molecule has 21 heavy (non-hydrogen) atoms. The number of aldehydes is 1. The number of phenols is 2. The summed E-state index contributed by atoms with van der Waals surface area (Å²) in [5, 5.41) is 21.5. The maximum atomic E-state index is 11.9. The van der Waals surface area contributed by atoms with Gasteiger partial charge in [0.25, 0.3) is 0 Å². The van der Waals surface area contributed by atoms with E-state index in [0.717, 1.165) is 0 Å². The van der Waals surface area contributed by atoms with Crippen LogP contribution in [0.5, 0.6) is 11.5 Å². The number of phenolic OH excluding ortho intramolecular Hbond substituents is 2. The Balaban J connectivity index is 1.97. The zero-order valence-corrected chi connectivity index (χ0v) is 11.2. The quantitative estimate of drug-likeness (QED) is 0.737. The van der Waals surface area contributed by atoms with Gasteiger partial charge in [-0.15, -0.1) is 0 Å². The number of carbonyl (C=O) groups excluding carboxylic acids is 2. The molecule has 0 fully saturated rings. The van der Waals surface area contributed by atoms with Gasteiger partial charge < -0.3 is 15.5 Å². The SMILES string of the molecule is O=Cc1ccccc1NC(=O)CCc1ccc(O)cc1O. The van der Waals surface area contributed by atoms with Gasteiger partial charge in [0.15, 0.2) is 6.29 Å². The number of rotatable bonds is 5. The average molecular weight is 285 g/mol. The Hall–Kier alpha value is -2.82. The fourth-order valence-corrected chi connectivity index (χ4v) is 1.94. The zero-order valence-electron chi connectivity index (χ0n) is 11.2. The molecule has 0 radical (unpaired) electrons. The van der Waals surface area contributed by atoms with Gasteiger partial charge in [-0.1, -0.05) is 18.2 Å². The van der Waals surface area contributed by atoms with Crippen LogP contribution in [0.4, 0.5) is 5.69 Å². The van der Waals surface area contributed by atoms with Gasteiger partial charge in [-0.3, -0.25) is 9.59 Å². The second kappa shape index (κ2) is 6.56. The average Bonchev–Trinajstić information content (AvgIpc) is 2.47. The standard InChI is InChI=1S/C16H15NO4/c18-10-12-3-1-2-4-14(12)17-16(21)8-6-11-5-7-13(19)9-15(11)20/h1-5,7,9-10,19-20H,6,8H2,(H,17,21). The van der Waals surface area contributed by atoms with Gasteiger partial charge in [-0.2, -0.15) is 0 Å². The molecular weight excluding hydrogens is 270 g/mol. The fourth-order valence-electron chi connectivity index (χ4n) is 1.94. The van der Waals surface area contributed by atoms with Crippen molar-refractivity contribution in [2.45, 2.75) is 12.8 Å². The number of anilines is 1. The molecule has 0 aromatic heterocycles. The van der Waals surface area contributed by atoms with Gasteiger partial charge in [-0.05, 0) is 30.2 Å². The van der Waals surface area contributed by atoms with Crippen LogP contribution in [0.3, 0.4) is 0 Å². The second-order valence-corrected chi connectivity index (χ2v) is 4.57. The summed E-state index contributed by atoms with van der Waals surface area (Å²) in [5.74, 6) is -0.325. The van der Waals surface area contributed by atoms with Crippen molar-refractivity contribution in [3.05, 3.63) is 53.6 Å². The highest BCUT2D eigenvalue weighted by atomic mass is 16.3. The molecule has 0 saturated heterocycles. The van der Waals surface area contributed by atoms with Crippen molar-refractivity contribution < 1.29 is 19.8 Å². The van der Waals surface area contributed by atoms with Crippen molar-refractivity contribution >= 4 is 17.9 Å². The number of aryl methyl sites for hydroxylation is 1. The van der Waals surface area contributed by atoms with Crippen molar-refractivity contribution in [1.29, 1.82) is 0 Å². The summed E-state index contributed by atoms with van der Waals surface area (Å²) in [7, 11) is 0. The van der Waals surface area contributed by atoms with E-state index in [2.05, 4.69) is 5.32 Å². The molecule has 3 N–H and O–H groups in total. The molecule has 0 bridgehead atoms. The number of para-hydroxylation sites is 1. The topological polar surface area (TPSA) is 86.6 Å². The molecule has 2 aromatic rings. The van der Waals surface area contributed by atoms with E-state index in [4.69, 9.17) is 0 Å². The normalized spacial score (nSPS) is 10.1. The van der Waals surface area contributed by atoms with Crippen LogP contribution < -0.4 is 5.32 Å². The minimum Gasteiger partial charge on any atom is -0.508 e. The molecule has 0 unspecified atom stereocenters. The number of carbonyl (C=O) groups is 2. The number of hydrogen-bond acceptors (Lipinski definition) is 4. The molecular formula is C16H15NO4. The Morgan fingerprint density at radius 1 is 1.14 bits per heavy atom. The van der Waals surface area contributed by atoms with Crippen molar-refractivity contribution in [3.63, 3.8) is 0 Å². The predicted octanol–water partition coefficient (Wildman–Crippen LogP) is 2.48. The van der Waals surface area contributed by atoms with E-state index in [9.17, 15) is 19.8 Å². The third-order valence-corrected chi connectivity index (χ3v) is 3.05. The van der Waals surface area contributed by atoms with Crippen LogP contribution in [-0.2, 0) is 11.2 Å². The van der Waals surface area contributed by atoms with Gasteiger partial charge in [0.1, 0.15) is 11.5 Å². The van der Waals surface area contributed by atoms with Gasteiger partial charge >= 0.3 is 0 Å². The number of benzene rings is 2. The van der Waals surface area contributed by atoms with E-state index < -0.39 is 0 Å². The van der Waals surface area contributed by atoms with E-state index in [1.165, 1.54) is 12.1 Å². The van der Waals surface area contributed by atoms with Gasteiger partial charge in [0.05, 0.1) is 5.69 Å². The minimum atomic E-state index is -0.253. The van der Waals surface area contributed by atoms with Gasteiger partial charge in [0.2, 0.25) is 5.91 Å². The molecule has 1 amide bonds. The summed E-state index contributed by atoms with van der Waals surface area (Å²) in [6.07, 6.45) is 1.17. The van der Waals surface area contributed by atoms with Crippen LogP contribution in [0.1, 0.15) is 22.3 Å². The van der Waals surface area contributed by atoms with Crippen LogP contribution in [0.25, 0.3) is 0 Å². The van der Waals surface area contributed by atoms with Crippen LogP contribution in [0.2, 0.25) is 0 Å². The van der Waals surface area contributed by atoms with Gasteiger partial charge in [0, 0.05) is 18.1 Å². The monoisotopic (exact) mass is 285 g/mol. The van der Waals surface area contributed by atoms with Gasteiger partial charge in [-0.25, -0.2) is 0 Å². The molecule has 2 rings (SSSR count). The Kier molecular flexibility index (Phi) is 4.56. The third-order valence-electron chi connectivity index (χ3n) is 3.05. The highest BCUT2D eigenvalue weighted by Gasteiger charge is 2.08. The fraction of sp³-hybridized carbons (Fsp3) is 0.125. The van der Waals surface area contributed by atoms with Crippen LogP contribution in [0.15, 0.2) is 42.5 Å². The van der Waals surface area contributed by atoms with E-state index in [1.54, 1.807) is 30.3 Å². The molecule has 2 aromatic carbocycles. The molecule has 0 aliphatic carbocycles. The maximum absolute atomic E-state index is 11.9. The van der Waals surface area contributed by atoms with Crippen molar-refractivity contribution in [1.82, 2.24) is 0 Å². The molecule has 0 atom stereocenters. The predicted molar refractivity (Wildman–Crippen MR) is 78.6 cm³/mol. The number of aromatic hydroxyl groups is 2. The molecule has 0 aliphatic heterocycles. The Bertz CT molecular complexity index is 667. The Morgan fingerprint density at radius 2 is 1.90 bits per heavy atom. The molecule has 0 spiro atoms. The van der Waals surface area contributed by atoms with Crippen molar-refractivity contribution in [2.24, 2.45) is 0 Å². The Labute approximate surface area is 121 Å². The minimum absolute atomic E-state index is 0.0272. The van der Waals surface area contributed by atoms with Crippen molar-refractivity contribution in [2.75, 3.05) is 5.32 Å². The van der Waals surface area contributed by atoms with E-state index in [0.29, 0.717) is 29.5 Å². The highest BCUT2D eigenvalue weighted by Crippen LogP contribution is 2.23. The lowest BCUT2D eigenvalue weighted by atomic mass is 10.1. The first-order valence-corrected chi connectivity index (χ1v) is 6.45. The van der Waals surface area contributed by atoms with Crippen LogP contribution in [0, 0.1) is 0 Å². The summed E-state index contributed by atoms with van der Waals surface area (Å²) in [5.41, 5.74) is 1.46. The lowest BCUT2D eigenvalue weighted by Gasteiger charge is -2.08. The van der Waals surface area contributed by atoms with Crippen molar-refractivity contribution in [3.8, 4) is 11.5 Å². The largest absolute Gasteiger partial charge is 0.508 e. The lowest BCUT2D eigenvalue weighted by Crippen LogP contribution is -2.13. The first-order chi connectivity index (χ1) is 10.1. The molecule has 0 heterocycles. The summed E-state index contributed by atoms with van der Waals surface area (Å²) < 4.78 is 0. The number of hydrogen-bond donors (Lipinski definition) is 3. The first kappa shape index (κ1) is 14.6. The molecule has 0 saturated carbocycles. The summed E-state index contributed by atoms with van der Waals surface area (Å²) >= 11 is 0. The van der Waals surface area contributed by atoms with E-state index in [-0.39, 0.29) is 23.8 Å². The van der Waals surface area contributed by atoms with E-state index >= 15 is 0 Å². The maximum Gasteiger partial charge on any atom is 0.224 e. The third kappa shape index (κ3) is 3.82.